The zero-order valence-corrected chi connectivity index (χ0v) is 30.6. The number of ketones is 2. The molecule has 1 saturated heterocycles. The van der Waals surface area contributed by atoms with Crippen molar-refractivity contribution in [3.05, 3.63) is 48.6 Å². The molecule has 5 amide bonds. The van der Waals surface area contributed by atoms with Gasteiger partial charge in [0.1, 0.15) is 18.2 Å². The van der Waals surface area contributed by atoms with Gasteiger partial charge in [-0.05, 0) is 44.2 Å². The Bertz CT molecular complexity index is 1350. The van der Waals surface area contributed by atoms with Crippen LogP contribution in [0.1, 0.15) is 84.5 Å². The molecule has 1 aromatic carbocycles. The number of carbonyl (C=O) groups excluding carboxylic acids is 6. The zero-order valence-electron chi connectivity index (χ0n) is 30.6. The number of Topliss-reactive ketones (excluding diaryl/α,β-unsaturated/α-hetero) is 2. The molecule has 1 fully saturated rings. The SMILES string of the molecule is C#CCCC(NC(=O)C1CCCN1C(=O)C(NC(=O)NC(C(=O)c1ccccc1)N(C)C)C(C)(C)C)C(=O)C(=O)NCC=C.CC(C)(C)C. The average molecular weight is 681 g/mol. The molecule has 1 aliphatic rings. The summed E-state index contributed by atoms with van der Waals surface area (Å²) in [5, 5.41) is 10.4. The van der Waals surface area contributed by atoms with Crippen LogP contribution >= 0.6 is 0 Å². The van der Waals surface area contributed by atoms with Crippen molar-refractivity contribution >= 4 is 35.3 Å². The topological polar surface area (TPSA) is 157 Å². The van der Waals surface area contributed by atoms with Crippen LogP contribution in [0.4, 0.5) is 4.79 Å². The maximum atomic E-state index is 13.9. The van der Waals surface area contributed by atoms with Crippen molar-refractivity contribution in [2.24, 2.45) is 10.8 Å². The Labute approximate surface area is 292 Å². The number of nitrogens with one attached hydrogen (secondary N) is 4. The number of hydrogen-bond donors (Lipinski definition) is 4. The number of amides is 5. The Hall–Kier alpha value is -4.50. The second-order valence-corrected chi connectivity index (χ2v) is 14.9. The molecule has 4 unspecified atom stereocenters. The molecule has 1 aliphatic heterocycles. The monoisotopic (exact) mass is 680 g/mol. The third kappa shape index (κ3) is 14.7. The van der Waals surface area contributed by atoms with E-state index in [2.05, 4.69) is 61.5 Å². The number of rotatable bonds is 14. The van der Waals surface area contributed by atoms with Crippen LogP contribution in [0.3, 0.4) is 0 Å². The normalized spacial score (nSPS) is 16.1. The first-order chi connectivity index (χ1) is 22.7. The molecule has 0 saturated carbocycles. The number of urea groups is 1. The molecular formula is C37H56N6O6. The number of nitrogens with zero attached hydrogens (tertiary/aromatic N) is 2. The van der Waals surface area contributed by atoms with Gasteiger partial charge in [0.15, 0.2) is 5.78 Å². The van der Waals surface area contributed by atoms with Crippen LogP contribution < -0.4 is 21.3 Å². The second-order valence-electron chi connectivity index (χ2n) is 14.9. The van der Waals surface area contributed by atoms with Crippen molar-refractivity contribution in [3.8, 4) is 12.3 Å². The smallest absolute Gasteiger partial charge is 0.317 e. The van der Waals surface area contributed by atoms with E-state index in [1.54, 1.807) is 70.1 Å². The third-order valence-corrected chi connectivity index (χ3v) is 7.16. The Morgan fingerprint density at radius 2 is 1.59 bits per heavy atom. The van der Waals surface area contributed by atoms with E-state index in [1.807, 2.05) is 0 Å². The molecule has 49 heavy (non-hydrogen) atoms. The zero-order chi connectivity index (χ0) is 37.5. The predicted octanol–water partition coefficient (Wildman–Crippen LogP) is 3.28. The molecule has 12 heteroatoms. The standard InChI is InChI=1S/C32H44N6O6.C5H12/c1-8-10-17-22(25(40)29(42)33-19-9-2)34-28(41)23-18-14-20-38(23)30(43)26(32(3,4)5)35-31(44)36-27(37(6)7)24(39)21-15-12-11-13-16-21;1-5(2,3)4/h1,9,11-13,15-16,22-23,26-27H,2,10,14,17-20H2,3-7H3,(H,33,42)(H,34,41)(H2,35,36,44);1-4H3. The summed E-state index contributed by atoms with van der Waals surface area (Å²) in [6.45, 7) is 17.9. The van der Waals surface area contributed by atoms with Gasteiger partial charge in [0, 0.05) is 25.1 Å². The molecule has 12 nitrogen and oxygen atoms in total. The minimum atomic E-state index is -1.17. The van der Waals surface area contributed by atoms with Crippen LogP contribution in [-0.4, -0.2) is 96.6 Å². The summed E-state index contributed by atoms with van der Waals surface area (Å²) in [5.74, 6) is -0.735. The Morgan fingerprint density at radius 1 is 1.00 bits per heavy atom. The lowest BCUT2D eigenvalue weighted by Gasteiger charge is -2.36. The first-order valence-electron chi connectivity index (χ1n) is 16.5. The van der Waals surface area contributed by atoms with E-state index < -0.39 is 59.2 Å². The summed E-state index contributed by atoms with van der Waals surface area (Å²) in [7, 11) is 3.30. The van der Waals surface area contributed by atoms with Gasteiger partial charge < -0.3 is 26.2 Å². The summed E-state index contributed by atoms with van der Waals surface area (Å²) in [6, 6.07) is 4.64. The largest absolute Gasteiger partial charge is 0.346 e. The van der Waals surface area contributed by atoms with E-state index in [4.69, 9.17) is 6.42 Å². The highest BCUT2D eigenvalue weighted by Crippen LogP contribution is 2.26. The van der Waals surface area contributed by atoms with Crippen molar-refractivity contribution in [1.82, 2.24) is 31.1 Å². The number of carbonyl (C=O) groups is 6. The maximum Gasteiger partial charge on any atom is 0.317 e. The molecule has 1 heterocycles. The number of likely N-dealkylation sites (N-methyl/N-ethyl adjacent to an activating group) is 1. The Morgan fingerprint density at radius 3 is 2.10 bits per heavy atom. The van der Waals surface area contributed by atoms with Crippen LogP contribution in [-0.2, 0) is 19.2 Å². The van der Waals surface area contributed by atoms with Gasteiger partial charge in [-0.15, -0.1) is 18.9 Å². The third-order valence-electron chi connectivity index (χ3n) is 7.16. The molecular weight excluding hydrogens is 624 g/mol. The van der Waals surface area contributed by atoms with E-state index in [1.165, 1.54) is 11.0 Å². The van der Waals surface area contributed by atoms with Crippen LogP contribution in [0.15, 0.2) is 43.0 Å². The minimum absolute atomic E-state index is 0.0460. The molecule has 270 valence electrons. The van der Waals surface area contributed by atoms with Gasteiger partial charge in [0.25, 0.3) is 5.91 Å². The van der Waals surface area contributed by atoms with Gasteiger partial charge in [0.2, 0.25) is 17.6 Å². The van der Waals surface area contributed by atoms with Gasteiger partial charge in [-0.2, -0.15) is 0 Å². The highest BCUT2D eigenvalue weighted by molar-refractivity contribution is 6.38. The number of likely N-dealkylation sites (tertiary alicyclic amines) is 1. The minimum Gasteiger partial charge on any atom is -0.346 e. The number of benzene rings is 1. The maximum absolute atomic E-state index is 13.9. The fourth-order valence-electron chi connectivity index (χ4n) is 4.78. The van der Waals surface area contributed by atoms with Gasteiger partial charge in [-0.3, -0.25) is 28.9 Å². The molecule has 2 rings (SSSR count). The predicted molar refractivity (Wildman–Crippen MR) is 191 cm³/mol. The van der Waals surface area contributed by atoms with Crippen LogP contribution in [0.25, 0.3) is 0 Å². The molecule has 0 aromatic heterocycles. The fraction of sp³-hybridized carbons (Fsp3) is 0.568. The number of hydrogen-bond acceptors (Lipinski definition) is 7. The van der Waals surface area contributed by atoms with Crippen LogP contribution in [0.2, 0.25) is 0 Å². The van der Waals surface area contributed by atoms with E-state index in [9.17, 15) is 28.8 Å². The summed E-state index contributed by atoms with van der Waals surface area (Å²) < 4.78 is 0. The van der Waals surface area contributed by atoms with Crippen molar-refractivity contribution in [2.45, 2.75) is 98.4 Å². The summed E-state index contributed by atoms with van der Waals surface area (Å²) in [5.41, 5.74) is 0.141. The molecule has 1 aromatic rings. The number of terminal acetylenes is 1. The highest BCUT2D eigenvalue weighted by atomic mass is 16.2. The second kappa shape index (κ2) is 19.5. The lowest BCUT2D eigenvalue weighted by atomic mass is 9.85. The van der Waals surface area contributed by atoms with Crippen molar-refractivity contribution in [3.63, 3.8) is 0 Å². The molecule has 0 radical (unpaired) electrons. The van der Waals surface area contributed by atoms with Crippen LogP contribution in [0.5, 0.6) is 0 Å². The Kier molecular flexibility index (Phi) is 16.9. The summed E-state index contributed by atoms with van der Waals surface area (Å²) >= 11 is 0. The Balaban J connectivity index is 0.00000223. The van der Waals surface area contributed by atoms with E-state index in [-0.39, 0.29) is 31.7 Å². The molecule has 0 bridgehead atoms. The van der Waals surface area contributed by atoms with Crippen molar-refractivity contribution in [2.75, 3.05) is 27.2 Å². The average Bonchev–Trinajstić information content (AvgIpc) is 3.51. The van der Waals surface area contributed by atoms with Gasteiger partial charge >= 0.3 is 6.03 Å². The van der Waals surface area contributed by atoms with E-state index >= 15 is 0 Å². The molecule has 4 N–H and O–H groups in total. The van der Waals surface area contributed by atoms with E-state index in [0.29, 0.717) is 23.8 Å². The summed E-state index contributed by atoms with van der Waals surface area (Å²) in [4.78, 5) is 81.6. The lowest BCUT2D eigenvalue weighted by Crippen LogP contribution is -2.61. The summed E-state index contributed by atoms with van der Waals surface area (Å²) in [6.07, 6.45) is 6.81. The fourth-order valence-corrected chi connectivity index (χ4v) is 4.78. The van der Waals surface area contributed by atoms with Gasteiger partial charge in [0.05, 0.1) is 6.04 Å². The van der Waals surface area contributed by atoms with Crippen molar-refractivity contribution < 1.29 is 28.8 Å². The molecule has 0 aliphatic carbocycles. The van der Waals surface area contributed by atoms with Gasteiger partial charge in [-0.25, -0.2) is 4.79 Å². The molecule has 0 spiro atoms. The van der Waals surface area contributed by atoms with E-state index in [0.717, 1.165) is 0 Å². The van der Waals surface area contributed by atoms with Crippen molar-refractivity contribution in [1.29, 1.82) is 0 Å². The quantitative estimate of drug-likeness (QED) is 0.0773. The molecule has 4 atom stereocenters. The van der Waals surface area contributed by atoms with Crippen LogP contribution in [0, 0.1) is 23.2 Å². The first-order valence-corrected chi connectivity index (χ1v) is 16.5. The highest BCUT2D eigenvalue weighted by Gasteiger charge is 2.43. The lowest BCUT2D eigenvalue weighted by molar-refractivity contribution is -0.143. The van der Waals surface area contributed by atoms with Gasteiger partial charge in [-0.1, -0.05) is 84.9 Å². The first kappa shape index (κ1) is 42.5.